The largest absolute Gasteiger partial charge is 0.481 e. The van der Waals surface area contributed by atoms with Crippen LogP contribution in [0.15, 0.2) is 83.3 Å². The minimum Gasteiger partial charge on any atom is -0.481 e. The number of nitrogens with zero attached hydrogens (tertiary/aromatic N) is 2. The molecule has 182 valence electrons. The van der Waals surface area contributed by atoms with Crippen molar-refractivity contribution in [1.29, 1.82) is 0 Å². The Morgan fingerprint density at radius 3 is 2.50 bits per heavy atom. The lowest BCUT2D eigenvalue weighted by Gasteiger charge is -2.20. The maximum Gasteiger partial charge on any atom is 0.415 e. The third-order valence-corrected chi connectivity index (χ3v) is 5.47. The van der Waals surface area contributed by atoms with Crippen molar-refractivity contribution in [2.45, 2.75) is 27.3 Å². The van der Waals surface area contributed by atoms with Crippen molar-refractivity contribution in [2.24, 2.45) is 0 Å². The van der Waals surface area contributed by atoms with E-state index in [9.17, 15) is 4.79 Å². The van der Waals surface area contributed by atoms with E-state index in [4.69, 9.17) is 13.9 Å². The summed E-state index contributed by atoms with van der Waals surface area (Å²) in [7, 11) is 0. The maximum absolute atomic E-state index is 12.6. The van der Waals surface area contributed by atoms with Crippen LogP contribution in [0.1, 0.15) is 29.5 Å². The first-order valence-electron chi connectivity index (χ1n) is 11.8. The third kappa shape index (κ3) is 6.55. The van der Waals surface area contributed by atoms with Gasteiger partial charge in [-0.15, -0.1) is 0 Å². The number of benzene rings is 3. The molecule has 36 heavy (non-hydrogen) atoms. The Balaban J connectivity index is 1.34. The quantitative estimate of drug-likeness (QED) is 0.286. The molecule has 0 aliphatic carbocycles. The summed E-state index contributed by atoms with van der Waals surface area (Å²) in [5, 5.41) is 0. The zero-order chi connectivity index (χ0) is 25.3. The van der Waals surface area contributed by atoms with Crippen LogP contribution in [-0.2, 0) is 6.54 Å². The van der Waals surface area contributed by atoms with Gasteiger partial charge in [-0.1, -0.05) is 53.9 Å². The normalized spacial score (nSPS) is 10.3. The Labute approximate surface area is 211 Å². The van der Waals surface area contributed by atoms with Crippen LogP contribution in [0.25, 0.3) is 11.5 Å². The predicted octanol–water partition coefficient (Wildman–Crippen LogP) is 6.41. The van der Waals surface area contributed by atoms with Gasteiger partial charge in [-0.05, 0) is 68.7 Å². The fraction of sp³-hybridized carbons (Fsp3) is 0.200. The Bertz CT molecular complexity index is 1370. The van der Waals surface area contributed by atoms with Crippen LogP contribution in [0.5, 0.6) is 11.5 Å². The molecule has 1 amide bonds. The molecule has 0 unspecified atom stereocenters. The molecule has 0 fully saturated rings. The minimum absolute atomic E-state index is 0.198. The first kappa shape index (κ1) is 24.6. The summed E-state index contributed by atoms with van der Waals surface area (Å²) >= 11 is 0. The second-order valence-electron chi connectivity index (χ2n) is 8.22. The topological polar surface area (TPSA) is 64.8 Å². The fourth-order valence-electron chi connectivity index (χ4n) is 3.49. The first-order valence-corrected chi connectivity index (χ1v) is 11.8. The standard InChI is InChI=1S/C30H28N2O4/c1-4-32(30(33)36-26-17-15-22(2)16-18-26)21-24-10-8-13-27(20-24)34-19-9-14-28-23(3)35-29(31-28)25-11-6-5-7-12-25/h5-8,10-13,15-18,20H,4,19,21H2,1-3H3. The van der Waals surface area contributed by atoms with Gasteiger partial charge in [-0.2, -0.15) is 0 Å². The minimum atomic E-state index is -0.392. The average Bonchev–Trinajstić information content (AvgIpc) is 3.27. The van der Waals surface area contributed by atoms with E-state index in [1.54, 1.807) is 17.0 Å². The SMILES string of the molecule is CCN(Cc1cccc(OCC#Cc2nc(-c3ccccc3)oc2C)c1)C(=O)Oc1ccc(C)cc1. The summed E-state index contributed by atoms with van der Waals surface area (Å²) in [6.45, 7) is 6.87. The predicted molar refractivity (Wildman–Crippen MR) is 139 cm³/mol. The number of oxazole rings is 1. The van der Waals surface area contributed by atoms with Crippen molar-refractivity contribution in [1.82, 2.24) is 9.88 Å². The van der Waals surface area contributed by atoms with E-state index in [1.807, 2.05) is 87.5 Å². The van der Waals surface area contributed by atoms with Gasteiger partial charge >= 0.3 is 6.09 Å². The number of carbonyl (C=O) groups is 1. The molecule has 0 radical (unpaired) electrons. The molecular formula is C30H28N2O4. The van der Waals surface area contributed by atoms with Gasteiger partial charge in [0.2, 0.25) is 5.89 Å². The summed E-state index contributed by atoms with van der Waals surface area (Å²) in [5.74, 6) is 8.43. The molecule has 0 aliphatic rings. The molecule has 3 aromatic carbocycles. The molecule has 4 aromatic rings. The van der Waals surface area contributed by atoms with Gasteiger partial charge in [0.05, 0.1) is 0 Å². The van der Waals surface area contributed by atoms with E-state index in [-0.39, 0.29) is 6.61 Å². The van der Waals surface area contributed by atoms with Gasteiger partial charge in [-0.25, -0.2) is 9.78 Å². The molecule has 0 bridgehead atoms. The molecule has 6 heteroatoms. The van der Waals surface area contributed by atoms with Crippen LogP contribution >= 0.6 is 0 Å². The highest BCUT2D eigenvalue weighted by Gasteiger charge is 2.15. The highest BCUT2D eigenvalue weighted by atomic mass is 16.6. The molecule has 4 rings (SSSR count). The van der Waals surface area contributed by atoms with E-state index in [0.717, 1.165) is 16.7 Å². The van der Waals surface area contributed by atoms with E-state index < -0.39 is 6.09 Å². The smallest absolute Gasteiger partial charge is 0.415 e. The summed E-state index contributed by atoms with van der Waals surface area (Å²) in [5.41, 5.74) is 3.54. The lowest BCUT2D eigenvalue weighted by atomic mass is 10.2. The number of ether oxygens (including phenoxy) is 2. The average molecular weight is 481 g/mol. The summed E-state index contributed by atoms with van der Waals surface area (Å²) in [6, 6.07) is 24.7. The second kappa shape index (κ2) is 11.8. The molecule has 6 nitrogen and oxygen atoms in total. The van der Waals surface area contributed by atoms with Gasteiger partial charge in [-0.3, -0.25) is 0 Å². The zero-order valence-electron chi connectivity index (χ0n) is 20.7. The number of rotatable bonds is 7. The highest BCUT2D eigenvalue weighted by Crippen LogP contribution is 2.21. The van der Waals surface area contributed by atoms with Crippen LogP contribution < -0.4 is 9.47 Å². The Morgan fingerprint density at radius 2 is 1.75 bits per heavy atom. The van der Waals surface area contributed by atoms with Crippen molar-refractivity contribution in [3.8, 4) is 34.8 Å². The Kier molecular flexibility index (Phi) is 8.05. The van der Waals surface area contributed by atoms with Gasteiger partial charge in [0, 0.05) is 18.7 Å². The molecule has 0 spiro atoms. The Morgan fingerprint density at radius 1 is 0.972 bits per heavy atom. The summed E-state index contributed by atoms with van der Waals surface area (Å²) in [6.07, 6.45) is -0.392. The van der Waals surface area contributed by atoms with Crippen molar-refractivity contribution in [3.05, 3.63) is 101 Å². The highest BCUT2D eigenvalue weighted by molar-refractivity contribution is 5.70. The molecule has 1 heterocycles. The maximum atomic E-state index is 12.6. The fourth-order valence-corrected chi connectivity index (χ4v) is 3.49. The van der Waals surface area contributed by atoms with Gasteiger partial charge < -0.3 is 18.8 Å². The molecule has 0 saturated heterocycles. The number of carbonyl (C=O) groups excluding carboxylic acids is 1. The number of aromatic nitrogens is 1. The Hall–Kier alpha value is -4.50. The monoisotopic (exact) mass is 480 g/mol. The van der Waals surface area contributed by atoms with E-state index >= 15 is 0 Å². The van der Waals surface area contributed by atoms with Crippen molar-refractivity contribution in [2.75, 3.05) is 13.2 Å². The summed E-state index contributed by atoms with van der Waals surface area (Å²) < 4.78 is 17.1. The molecule has 1 aromatic heterocycles. The number of aryl methyl sites for hydroxylation is 2. The van der Waals surface area contributed by atoms with Crippen LogP contribution in [-0.4, -0.2) is 29.1 Å². The number of amides is 1. The van der Waals surface area contributed by atoms with Gasteiger partial charge in [0.25, 0.3) is 0 Å². The van der Waals surface area contributed by atoms with Crippen molar-refractivity contribution < 1.29 is 18.7 Å². The van der Waals surface area contributed by atoms with E-state index in [0.29, 0.717) is 41.9 Å². The number of hydrogen-bond acceptors (Lipinski definition) is 5. The summed E-state index contributed by atoms with van der Waals surface area (Å²) in [4.78, 5) is 18.7. The van der Waals surface area contributed by atoms with E-state index in [2.05, 4.69) is 16.8 Å². The lowest BCUT2D eigenvalue weighted by Crippen LogP contribution is -2.32. The zero-order valence-corrected chi connectivity index (χ0v) is 20.7. The lowest BCUT2D eigenvalue weighted by molar-refractivity contribution is 0.152. The molecule has 0 N–H and O–H groups in total. The van der Waals surface area contributed by atoms with Crippen molar-refractivity contribution in [3.63, 3.8) is 0 Å². The molecule has 0 saturated carbocycles. The van der Waals surface area contributed by atoms with Gasteiger partial charge in [0.15, 0.2) is 5.69 Å². The van der Waals surface area contributed by atoms with Crippen molar-refractivity contribution >= 4 is 6.09 Å². The molecular weight excluding hydrogens is 452 g/mol. The van der Waals surface area contributed by atoms with E-state index in [1.165, 1.54) is 0 Å². The van der Waals surface area contributed by atoms with Crippen LogP contribution in [0.3, 0.4) is 0 Å². The van der Waals surface area contributed by atoms with Crippen LogP contribution in [0, 0.1) is 25.7 Å². The molecule has 0 aliphatic heterocycles. The first-order chi connectivity index (χ1) is 17.5. The molecule has 0 atom stereocenters. The third-order valence-electron chi connectivity index (χ3n) is 5.47. The number of hydrogen-bond donors (Lipinski definition) is 0. The van der Waals surface area contributed by atoms with Gasteiger partial charge in [0.1, 0.15) is 23.9 Å². The van der Waals surface area contributed by atoms with Crippen LogP contribution in [0.4, 0.5) is 4.79 Å². The second-order valence-corrected chi connectivity index (χ2v) is 8.22. The van der Waals surface area contributed by atoms with Crippen LogP contribution in [0.2, 0.25) is 0 Å².